The average molecular weight is 455 g/mol. The molecule has 1 aliphatic heterocycles. The van der Waals surface area contributed by atoms with Gasteiger partial charge in [0.05, 0.1) is 13.2 Å². The highest BCUT2D eigenvalue weighted by molar-refractivity contribution is 5.24. The van der Waals surface area contributed by atoms with Crippen LogP contribution in [0.15, 0.2) is 60.7 Å². The molecule has 0 aromatic heterocycles. The maximum absolute atomic E-state index is 6.32. The second-order valence-electron chi connectivity index (χ2n) is 9.39. The molecule has 1 heterocycles. The summed E-state index contributed by atoms with van der Waals surface area (Å²) >= 11 is 0. The Morgan fingerprint density at radius 1 is 0.848 bits per heavy atom. The van der Waals surface area contributed by atoms with Crippen molar-refractivity contribution in [3.8, 4) is 11.5 Å². The van der Waals surface area contributed by atoms with E-state index in [0.29, 0.717) is 6.10 Å². The van der Waals surface area contributed by atoms with Gasteiger partial charge in [0.2, 0.25) is 5.79 Å². The van der Waals surface area contributed by atoms with E-state index in [-0.39, 0.29) is 0 Å². The quantitative estimate of drug-likeness (QED) is 0.133. The molecule has 1 saturated heterocycles. The van der Waals surface area contributed by atoms with Crippen molar-refractivity contribution in [3.63, 3.8) is 0 Å². The van der Waals surface area contributed by atoms with Crippen LogP contribution in [0.1, 0.15) is 71.6 Å². The smallest absolute Gasteiger partial charge is 0.248 e. The summed E-state index contributed by atoms with van der Waals surface area (Å²) in [7, 11) is 0. The zero-order valence-electron chi connectivity index (χ0n) is 20.5. The Balaban J connectivity index is 1.40. The second kappa shape index (κ2) is 14.3. The fourth-order valence-corrected chi connectivity index (χ4v) is 4.35. The summed E-state index contributed by atoms with van der Waals surface area (Å²) in [6, 6.07) is 20.0. The predicted octanol–water partition coefficient (Wildman–Crippen LogP) is 7.42. The van der Waals surface area contributed by atoms with Gasteiger partial charge in [-0.3, -0.25) is 0 Å². The van der Waals surface area contributed by atoms with Crippen molar-refractivity contribution in [2.45, 2.75) is 83.5 Å². The van der Waals surface area contributed by atoms with Crippen LogP contribution in [-0.2, 0) is 9.47 Å². The monoisotopic (exact) mass is 454 g/mol. The fraction of sp³-hybridized carbons (Fsp3) is 0.586. The van der Waals surface area contributed by atoms with E-state index in [0.717, 1.165) is 56.5 Å². The molecule has 0 spiro atoms. The second-order valence-corrected chi connectivity index (χ2v) is 9.39. The van der Waals surface area contributed by atoms with Gasteiger partial charge >= 0.3 is 0 Å². The van der Waals surface area contributed by atoms with Gasteiger partial charge in [-0.2, -0.15) is 0 Å². The minimum atomic E-state index is -0.686. The van der Waals surface area contributed by atoms with Crippen molar-refractivity contribution in [3.05, 3.63) is 60.7 Å². The topological polar surface area (TPSA) is 40.2 Å². The highest BCUT2D eigenvalue weighted by Crippen LogP contribution is 2.28. The number of para-hydroxylation sites is 2. The molecule has 33 heavy (non-hydrogen) atoms. The van der Waals surface area contributed by atoms with Crippen molar-refractivity contribution in [2.24, 2.45) is 5.92 Å². The van der Waals surface area contributed by atoms with Crippen LogP contribution in [0.4, 0.5) is 0 Å². The predicted molar refractivity (Wildman–Crippen MR) is 134 cm³/mol. The number of epoxide rings is 1. The lowest BCUT2D eigenvalue weighted by Crippen LogP contribution is -2.39. The minimum absolute atomic E-state index is 0.374. The van der Waals surface area contributed by atoms with E-state index < -0.39 is 5.79 Å². The van der Waals surface area contributed by atoms with E-state index in [1.165, 1.54) is 38.5 Å². The Morgan fingerprint density at radius 2 is 1.45 bits per heavy atom. The van der Waals surface area contributed by atoms with Crippen LogP contribution in [0.2, 0.25) is 0 Å². The average Bonchev–Trinajstić information content (AvgIpc) is 3.64. The molecule has 1 fully saturated rings. The normalized spacial score (nSPS) is 16.4. The van der Waals surface area contributed by atoms with Crippen LogP contribution in [-0.4, -0.2) is 31.7 Å². The number of benzene rings is 2. The van der Waals surface area contributed by atoms with Gasteiger partial charge in [0, 0.05) is 20.0 Å². The molecular formula is C29H42O4. The van der Waals surface area contributed by atoms with E-state index >= 15 is 0 Å². The fourth-order valence-electron chi connectivity index (χ4n) is 4.35. The Labute approximate surface area is 200 Å². The molecular weight excluding hydrogens is 412 g/mol. The molecule has 0 radical (unpaired) electrons. The summed E-state index contributed by atoms with van der Waals surface area (Å²) in [5.41, 5.74) is 0. The third-order valence-corrected chi connectivity index (χ3v) is 6.20. The molecule has 0 N–H and O–H groups in total. The third kappa shape index (κ3) is 10.6. The van der Waals surface area contributed by atoms with Crippen LogP contribution in [0.3, 0.4) is 0 Å². The van der Waals surface area contributed by atoms with Crippen LogP contribution in [0.5, 0.6) is 11.5 Å². The first-order chi connectivity index (χ1) is 16.2. The lowest BCUT2D eigenvalue weighted by atomic mass is 9.92. The van der Waals surface area contributed by atoms with Gasteiger partial charge in [0.15, 0.2) is 0 Å². The minimum Gasteiger partial charge on any atom is -0.453 e. The van der Waals surface area contributed by atoms with Gasteiger partial charge in [-0.05, 0) is 49.4 Å². The highest BCUT2D eigenvalue weighted by atomic mass is 16.7. The molecule has 2 aromatic rings. The standard InChI is InChI=1S/C29H42O4/c1-3-14-25(16-13-22-30-23-28-24-31-28)15-7-6-12-21-29(2,32-26-17-8-4-9-18-26)33-27-19-10-5-11-20-27/h4-5,8-11,17-20,25,28H,3,6-7,12-16,21-24H2,1-2H3. The van der Waals surface area contributed by atoms with E-state index in [1.54, 1.807) is 0 Å². The molecule has 3 rings (SSSR count). The molecule has 2 unspecified atom stereocenters. The van der Waals surface area contributed by atoms with E-state index in [4.69, 9.17) is 18.9 Å². The summed E-state index contributed by atoms with van der Waals surface area (Å²) in [6.07, 6.45) is 11.1. The first-order valence-corrected chi connectivity index (χ1v) is 12.8. The van der Waals surface area contributed by atoms with Crippen LogP contribution in [0, 0.1) is 5.92 Å². The first-order valence-electron chi connectivity index (χ1n) is 12.8. The lowest BCUT2D eigenvalue weighted by Gasteiger charge is -2.31. The van der Waals surface area contributed by atoms with Crippen molar-refractivity contribution in [1.29, 1.82) is 0 Å². The van der Waals surface area contributed by atoms with Crippen molar-refractivity contribution < 1.29 is 18.9 Å². The van der Waals surface area contributed by atoms with Crippen molar-refractivity contribution in [2.75, 3.05) is 19.8 Å². The maximum atomic E-state index is 6.32. The lowest BCUT2D eigenvalue weighted by molar-refractivity contribution is -0.105. The zero-order chi connectivity index (χ0) is 23.2. The molecule has 4 nitrogen and oxygen atoms in total. The Bertz CT molecular complexity index is 703. The third-order valence-electron chi connectivity index (χ3n) is 6.20. The molecule has 0 bridgehead atoms. The Kier molecular flexibility index (Phi) is 11.1. The van der Waals surface area contributed by atoms with Crippen LogP contribution < -0.4 is 9.47 Å². The summed E-state index contributed by atoms with van der Waals surface area (Å²) in [5, 5.41) is 0. The van der Waals surface area contributed by atoms with Crippen molar-refractivity contribution >= 4 is 0 Å². The van der Waals surface area contributed by atoms with Gasteiger partial charge in [0.1, 0.15) is 17.6 Å². The molecule has 2 atom stereocenters. The SMILES string of the molecule is CCCC(CCCCCC(C)(Oc1ccccc1)Oc1ccccc1)CCCOCC1CO1. The number of ether oxygens (including phenoxy) is 4. The van der Waals surface area contributed by atoms with Gasteiger partial charge in [-0.25, -0.2) is 0 Å². The van der Waals surface area contributed by atoms with Crippen LogP contribution >= 0.6 is 0 Å². The van der Waals surface area contributed by atoms with E-state index in [1.807, 2.05) is 60.7 Å². The molecule has 182 valence electrons. The zero-order valence-corrected chi connectivity index (χ0v) is 20.5. The molecule has 0 saturated carbocycles. The van der Waals surface area contributed by atoms with Crippen LogP contribution in [0.25, 0.3) is 0 Å². The van der Waals surface area contributed by atoms with Gasteiger partial charge in [-0.1, -0.05) is 75.4 Å². The molecule has 4 heteroatoms. The molecule has 2 aromatic carbocycles. The molecule has 1 aliphatic rings. The Hall–Kier alpha value is -2.04. The maximum Gasteiger partial charge on any atom is 0.248 e. The summed E-state index contributed by atoms with van der Waals surface area (Å²) in [4.78, 5) is 0. The number of hydrogen-bond donors (Lipinski definition) is 0. The first kappa shape index (κ1) is 25.6. The number of unbranched alkanes of at least 4 members (excludes halogenated alkanes) is 2. The molecule has 0 amide bonds. The number of rotatable bonds is 18. The largest absolute Gasteiger partial charge is 0.453 e. The van der Waals surface area contributed by atoms with Gasteiger partial charge in [-0.15, -0.1) is 0 Å². The highest BCUT2D eigenvalue weighted by Gasteiger charge is 2.28. The number of hydrogen-bond acceptors (Lipinski definition) is 4. The van der Waals surface area contributed by atoms with Gasteiger partial charge < -0.3 is 18.9 Å². The van der Waals surface area contributed by atoms with Gasteiger partial charge in [0.25, 0.3) is 0 Å². The van der Waals surface area contributed by atoms with E-state index in [9.17, 15) is 0 Å². The Morgan fingerprint density at radius 3 is 2.03 bits per heavy atom. The summed E-state index contributed by atoms with van der Waals surface area (Å²) in [5.74, 6) is 1.81. The van der Waals surface area contributed by atoms with E-state index in [2.05, 4.69) is 13.8 Å². The summed E-state index contributed by atoms with van der Waals surface area (Å²) in [6.45, 7) is 6.87. The summed E-state index contributed by atoms with van der Waals surface area (Å²) < 4.78 is 23.6. The van der Waals surface area contributed by atoms with Crippen molar-refractivity contribution in [1.82, 2.24) is 0 Å². The molecule has 0 aliphatic carbocycles.